The summed E-state index contributed by atoms with van der Waals surface area (Å²) in [7, 11) is 0. The number of aliphatic imine (C=N–C) groups is 1. The number of nitrogens with one attached hydrogen (secondary N) is 1. The van der Waals surface area contributed by atoms with E-state index in [1.165, 1.54) is 12.0 Å². The van der Waals surface area contributed by atoms with Gasteiger partial charge in [-0.15, -0.1) is 0 Å². The molecule has 1 aromatic carbocycles. The molecule has 1 saturated heterocycles. The average molecular weight is 306 g/mol. The van der Waals surface area contributed by atoms with Gasteiger partial charge in [0.05, 0.1) is 0 Å². The lowest BCUT2D eigenvalue weighted by Gasteiger charge is -2.26. The van der Waals surface area contributed by atoms with Crippen molar-refractivity contribution in [1.82, 2.24) is 5.32 Å². The maximum absolute atomic E-state index is 5.61. The lowest BCUT2D eigenvalue weighted by atomic mass is 10.1. The van der Waals surface area contributed by atoms with Crippen LogP contribution in [0.25, 0.3) is 0 Å². The fourth-order valence-corrected chi connectivity index (χ4v) is 3.85. The van der Waals surface area contributed by atoms with Gasteiger partial charge in [0.2, 0.25) is 0 Å². The van der Waals surface area contributed by atoms with E-state index >= 15 is 0 Å². The zero-order valence-electron chi connectivity index (χ0n) is 12.6. The number of thioether (sulfide) groups is 1. The predicted molar refractivity (Wildman–Crippen MR) is 87.7 cm³/mol. The largest absolute Gasteiger partial charge is 0.486 e. The van der Waals surface area contributed by atoms with E-state index in [0.717, 1.165) is 29.6 Å². The molecule has 2 atom stereocenters. The highest BCUT2D eigenvalue weighted by atomic mass is 32.2. The van der Waals surface area contributed by atoms with Gasteiger partial charge in [-0.1, -0.05) is 24.8 Å². The SMILES string of the molecule is CC1CC(C)SC(=NCCc2ccc3c(c2)OCCO3)N1. The van der Waals surface area contributed by atoms with E-state index in [4.69, 9.17) is 9.47 Å². The number of fused-ring (bicyclic) bond motifs is 1. The quantitative estimate of drug-likeness (QED) is 0.932. The summed E-state index contributed by atoms with van der Waals surface area (Å²) in [5.41, 5.74) is 1.24. The van der Waals surface area contributed by atoms with Gasteiger partial charge in [-0.25, -0.2) is 0 Å². The molecule has 0 bridgehead atoms. The van der Waals surface area contributed by atoms with Gasteiger partial charge in [-0.05, 0) is 37.5 Å². The van der Waals surface area contributed by atoms with Crippen LogP contribution < -0.4 is 14.8 Å². The molecular formula is C16H22N2O2S. The topological polar surface area (TPSA) is 42.9 Å². The van der Waals surface area contributed by atoms with Crippen LogP contribution in [0.1, 0.15) is 25.8 Å². The summed E-state index contributed by atoms with van der Waals surface area (Å²) >= 11 is 1.84. The van der Waals surface area contributed by atoms with Crippen LogP contribution in [0, 0.1) is 0 Å². The second-order valence-corrected chi connectivity index (χ2v) is 7.05. The second-order valence-electron chi connectivity index (χ2n) is 5.62. The minimum absolute atomic E-state index is 0.522. The molecular weight excluding hydrogens is 284 g/mol. The molecule has 2 unspecified atom stereocenters. The molecule has 2 heterocycles. The molecule has 3 rings (SSSR count). The van der Waals surface area contributed by atoms with Crippen molar-refractivity contribution >= 4 is 16.9 Å². The zero-order chi connectivity index (χ0) is 14.7. The van der Waals surface area contributed by atoms with Crippen molar-refractivity contribution in [3.8, 4) is 11.5 Å². The lowest BCUT2D eigenvalue weighted by molar-refractivity contribution is 0.171. The van der Waals surface area contributed by atoms with Crippen LogP contribution in [0.3, 0.4) is 0 Å². The van der Waals surface area contributed by atoms with Crippen molar-refractivity contribution in [2.75, 3.05) is 19.8 Å². The number of rotatable bonds is 3. The Morgan fingerprint density at radius 3 is 2.86 bits per heavy atom. The molecule has 5 heteroatoms. The van der Waals surface area contributed by atoms with Crippen molar-refractivity contribution in [2.24, 2.45) is 4.99 Å². The Bertz CT molecular complexity index is 521. The molecule has 2 aliphatic rings. The summed E-state index contributed by atoms with van der Waals surface area (Å²) in [6.07, 6.45) is 2.12. The minimum atomic E-state index is 0.522. The Labute approximate surface area is 130 Å². The van der Waals surface area contributed by atoms with Crippen LogP contribution in [0.5, 0.6) is 11.5 Å². The van der Waals surface area contributed by atoms with E-state index in [0.29, 0.717) is 24.5 Å². The standard InChI is InChI=1S/C16H22N2O2S/c1-11-9-12(2)21-16(18-11)17-6-5-13-3-4-14-15(10-13)20-8-7-19-14/h3-4,10-12H,5-9H2,1-2H3,(H,17,18). The summed E-state index contributed by atoms with van der Waals surface area (Å²) in [6, 6.07) is 6.69. The first-order valence-electron chi connectivity index (χ1n) is 7.57. The normalized spacial score (nSPS) is 26.5. The molecule has 4 nitrogen and oxygen atoms in total. The van der Waals surface area contributed by atoms with Gasteiger partial charge in [0, 0.05) is 17.8 Å². The van der Waals surface area contributed by atoms with Crippen molar-refractivity contribution in [1.29, 1.82) is 0 Å². The van der Waals surface area contributed by atoms with Crippen LogP contribution in [0.15, 0.2) is 23.2 Å². The van der Waals surface area contributed by atoms with E-state index in [9.17, 15) is 0 Å². The first-order chi connectivity index (χ1) is 10.2. The maximum atomic E-state index is 5.61. The van der Waals surface area contributed by atoms with Gasteiger partial charge >= 0.3 is 0 Å². The van der Waals surface area contributed by atoms with E-state index in [1.54, 1.807) is 0 Å². The number of hydrogen-bond donors (Lipinski definition) is 1. The first kappa shape index (κ1) is 14.6. The van der Waals surface area contributed by atoms with E-state index < -0.39 is 0 Å². The molecule has 1 N–H and O–H groups in total. The number of nitrogens with zero attached hydrogens (tertiary/aromatic N) is 1. The highest BCUT2D eigenvalue weighted by molar-refractivity contribution is 8.14. The fourth-order valence-electron chi connectivity index (χ4n) is 2.65. The Balaban J connectivity index is 1.57. The van der Waals surface area contributed by atoms with E-state index in [2.05, 4.69) is 36.3 Å². The molecule has 0 amide bonds. The van der Waals surface area contributed by atoms with Crippen molar-refractivity contribution < 1.29 is 9.47 Å². The fraction of sp³-hybridized carbons (Fsp3) is 0.562. The molecule has 0 radical (unpaired) electrons. The predicted octanol–water partition coefficient (Wildman–Crippen LogP) is 2.86. The average Bonchev–Trinajstić information content (AvgIpc) is 2.46. The molecule has 0 saturated carbocycles. The Kier molecular flexibility index (Phi) is 4.58. The van der Waals surface area contributed by atoms with Crippen LogP contribution in [-0.2, 0) is 6.42 Å². The molecule has 0 aromatic heterocycles. The van der Waals surface area contributed by atoms with E-state index in [-0.39, 0.29) is 0 Å². The highest BCUT2D eigenvalue weighted by Crippen LogP contribution is 2.31. The van der Waals surface area contributed by atoms with Gasteiger partial charge in [0.1, 0.15) is 13.2 Å². The number of benzene rings is 1. The zero-order valence-corrected chi connectivity index (χ0v) is 13.4. The van der Waals surface area contributed by atoms with Gasteiger partial charge in [-0.2, -0.15) is 0 Å². The van der Waals surface area contributed by atoms with E-state index in [1.807, 2.05) is 17.8 Å². The van der Waals surface area contributed by atoms with Crippen LogP contribution >= 0.6 is 11.8 Å². The van der Waals surface area contributed by atoms with Crippen molar-refractivity contribution in [2.45, 2.75) is 38.0 Å². The lowest BCUT2D eigenvalue weighted by Crippen LogP contribution is -2.38. The Morgan fingerprint density at radius 1 is 1.24 bits per heavy atom. The monoisotopic (exact) mass is 306 g/mol. The van der Waals surface area contributed by atoms with Crippen LogP contribution in [-0.4, -0.2) is 36.2 Å². The molecule has 0 spiro atoms. The smallest absolute Gasteiger partial charge is 0.161 e. The van der Waals surface area contributed by atoms with Gasteiger partial charge < -0.3 is 14.8 Å². The number of ether oxygens (including phenoxy) is 2. The van der Waals surface area contributed by atoms with Crippen molar-refractivity contribution in [3.05, 3.63) is 23.8 Å². The summed E-state index contributed by atoms with van der Waals surface area (Å²) < 4.78 is 11.1. The minimum Gasteiger partial charge on any atom is -0.486 e. The summed E-state index contributed by atoms with van der Waals surface area (Å²) in [4.78, 5) is 4.69. The molecule has 21 heavy (non-hydrogen) atoms. The summed E-state index contributed by atoms with van der Waals surface area (Å²) in [5.74, 6) is 1.71. The third kappa shape index (κ3) is 3.84. The molecule has 114 valence electrons. The molecule has 2 aliphatic heterocycles. The van der Waals surface area contributed by atoms with Gasteiger partial charge in [-0.3, -0.25) is 4.99 Å². The number of amidine groups is 1. The number of hydrogen-bond acceptors (Lipinski definition) is 4. The Morgan fingerprint density at radius 2 is 2.05 bits per heavy atom. The molecule has 1 aromatic rings. The van der Waals surface area contributed by atoms with Crippen LogP contribution in [0.2, 0.25) is 0 Å². The Hall–Kier alpha value is -1.36. The molecule has 0 aliphatic carbocycles. The van der Waals surface area contributed by atoms with Gasteiger partial charge in [0.25, 0.3) is 0 Å². The molecule has 1 fully saturated rings. The highest BCUT2D eigenvalue weighted by Gasteiger charge is 2.19. The summed E-state index contributed by atoms with van der Waals surface area (Å²) in [5, 5.41) is 5.18. The van der Waals surface area contributed by atoms with Crippen LogP contribution in [0.4, 0.5) is 0 Å². The third-order valence-corrected chi connectivity index (χ3v) is 4.70. The second kappa shape index (κ2) is 6.60. The maximum Gasteiger partial charge on any atom is 0.161 e. The first-order valence-corrected chi connectivity index (χ1v) is 8.45. The summed E-state index contributed by atoms with van der Waals surface area (Å²) in [6.45, 7) is 6.55. The van der Waals surface area contributed by atoms with Gasteiger partial charge in [0.15, 0.2) is 16.7 Å². The third-order valence-electron chi connectivity index (χ3n) is 3.63. The van der Waals surface area contributed by atoms with Crippen molar-refractivity contribution in [3.63, 3.8) is 0 Å².